The van der Waals surface area contributed by atoms with Crippen LogP contribution < -0.4 is 5.32 Å². The van der Waals surface area contributed by atoms with E-state index in [0.717, 1.165) is 18.4 Å². The first-order chi connectivity index (χ1) is 16.4. The second-order valence-corrected chi connectivity index (χ2v) is 9.10. The number of nitrogens with one attached hydrogen (secondary N) is 2. The molecule has 34 heavy (non-hydrogen) atoms. The van der Waals surface area contributed by atoms with Crippen LogP contribution in [-0.4, -0.2) is 57.1 Å². The number of fused-ring (bicyclic) bond motifs is 1. The second-order valence-electron chi connectivity index (χ2n) is 9.10. The topological polar surface area (TPSA) is 109 Å². The molecule has 1 amide bonds. The highest BCUT2D eigenvalue weighted by Gasteiger charge is 2.31. The minimum atomic E-state index is -0.416. The zero-order chi connectivity index (χ0) is 24.1. The maximum atomic E-state index is 12.8. The van der Waals surface area contributed by atoms with Gasteiger partial charge in [0.1, 0.15) is 24.4 Å². The molecule has 0 radical (unpaired) electrons. The molecule has 2 atom stereocenters. The summed E-state index contributed by atoms with van der Waals surface area (Å²) >= 11 is 0. The Bertz CT molecular complexity index is 1130. The molecular formula is C25H31N5O4. The first kappa shape index (κ1) is 23.5. The molecule has 9 heteroatoms. The predicted octanol–water partition coefficient (Wildman–Crippen LogP) is 4.37. The molecule has 0 unspecified atom stereocenters. The first-order valence-electron chi connectivity index (χ1n) is 11.7. The molecule has 0 saturated carbocycles. The highest BCUT2D eigenvalue weighted by molar-refractivity contribution is 6.07. The summed E-state index contributed by atoms with van der Waals surface area (Å²) in [4.78, 5) is 38.9. The van der Waals surface area contributed by atoms with Crippen LogP contribution in [0.1, 0.15) is 49.5 Å². The van der Waals surface area contributed by atoms with Crippen molar-refractivity contribution in [2.75, 3.05) is 18.5 Å². The van der Waals surface area contributed by atoms with Gasteiger partial charge in [-0.15, -0.1) is 0 Å². The molecule has 2 aromatic heterocycles. The van der Waals surface area contributed by atoms with Gasteiger partial charge in [0.15, 0.2) is 0 Å². The maximum Gasteiger partial charge on any atom is 0.410 e. The number of carbonyl (C=O) groups is 2. The molecule has 0 aliphatic carbocycles. The number of carbonyl (C=O) groups excluding carboxylic acids is 2. The Balaban J connectivity index is 1.45. The summed E-state index contributed by atoms with van der Waals surface area (Å²) in [6, 6.07) is 9.65. The standard InChI is InChI=1S/C25H31N5O4/c1-16(2)13-33-24(31)20-11-26-22-21(20)23(28-15-27-22)29-19-10-9-17(3)30(12-19)25(32)34-14-18-7-5-4-6-8-18/h4-8,11,15-17,19H,9-10,12-14H2,1-3H3,(H2,26,27,28,29)/t17-,19+/m0/s1. The van der Waals surface area contributed by atoms with Gasteiger partial charge in [0, 0.05) is 24.8 Å². The Hall–Kier alpha value is -3.62. The summed E-state index contributed by atoms with van der Waals surface area (Å²) in [6.45, 7) is 7.04. The van der Waals surface area contributed by atoms with E-state index in [0.29, 0.717) is 35.6 Å². The van der Waals surface area contributed by atoms with Crippen LogP contribution in [0.4, 0.5) is 10.6 Å². The number of amides is 1. The molecule has 4 rings (SSSR count). The number of aromatic amines is 1. The number of hydrogen-bond acceptors (Lipinski definition) is 7. The molecule has 0 spiro atoms. The van der Waals surface area contributed by atoms with Gasteiger partial charge in [-0.25, -0.2) is 19.6 Å². The zero-order valence-corrected chi connectivity index (χ0v) is 19.8. The van der Waals surface area contributed by atoms with Crippen LogP contribution in [0.15, 0.2) is 42.9 Å². The summed E-state index contributed by atoms with van der Waals surface area (Å²) in [5, 5.41) is 4.01. The molecule has 1 aromatic carbocycles. The fourth-order valence-electron chi connectivity index (χ4n) is 4.03. The zero-order valence-electron chi connectivity index (χ0n) is 19.8. The van der Waals surface area contributed by atoms with E-state index in [1.165, 1.54) is 6.33 Å². The lowest BCUT2D eigenvalue weighted by Gasteiger charge is -2.37. The van der Waals surface area contributed by atoms with Crippen LogP contribution in [-0.2, 0) is 16.1 Å². The Labute approximate surface area is 198 Å². The van der Waals surface area contributed by atoms with Crippen molar-refractivity contribution < 1.29 is 19.1 Å². The van der Waals surface area contributed by atoms with Gasteiger partial charge in [-0.05, 0) is 31.2 Å². The van der Waals surface area contributed by atoms with E-state index < -0.39 is 5.97 Å². The van der Waals surface area contributed by atoms with Gasteiger partial charge in [0.25, 0.3) is 0 Å². The van der Waals surface area contributed by atoms with Gasteiger partial charge in [-0.2, -0.15) is 0 Å². The molecule has 2 N–H and O–H groups in total. The highest BCUT2D eigenvalue weighted by Crippen LogP contribution is 2.27. The number of nitrogens with zero attached hydrogens (tertiary/aromatic N) is 3. The maximum absolute atomic E-state index is 12.8. The van der Waals surface area contributed by atoms with Crippen molar-refractivity contribution in [2.45, 2.75) is 52.3 Å². The van der Waals surface area contributed by atoms with Crippen LogP contribution in [0.3, 0.4) is 0 Å². The third-order valence-corrected chi connectivity index (χ3v) is 5.90. The van der Waals surface area contributed by atoms with Gasteiger partial charge in [0.2, 0.25) is 0 Å². The Morgan fingerprint density at radius 2 is 1.97 bits per heavy atom. The first-order valence-corrected chi connectivity index (χ1v) is 11.7. The van der Waals surface area contributed by atoms with E-state index in [1.807, 2.05) is 51.1 Å². The molecule has 1 aliphatic heterocycles. The number of piperidine rings is 1. The van der Waals surface area contributed by atoms with E-state index in [2.05, 4.69) is 20.3 Å². The molecule has 1 fully saturated rings. The third kappa shape index (κ3) is 5.47. The smallest absolute Gasteiger partial charge is 0.410 e. The van der Waals surface area contributed by atoms with Crippen molar-refractivity contribution in [3.8, 4) is 0 Å². The predicted molar refractivity (Wildman–Crippen MR) is 128 cm³/mol. The Morgan fingerprint density at radius 1 is 1.18 bits per heavy atom. The van der Waals surface area contributed by atoms with E-state index in [-0.39, 0.29) is 30.7 Å². The van der Waals surface area contributed by atoms with Crippen LogP contribution in [0.25, 0.3) is 11.0 Å². The Morgan fingerprint density at radius 3 is 2.74 bits per heavy atom. The fraction of sp³-hybridized carbons (Fsp3) is 0.440. The van der Waals surface area contributed by atoms with Crippen LogP contribution >= 0.6 is 0 Å². The monoisotopic (exact) mass is 465 g/mol. The molecule has 1 saturated heterocycles. The van der Waals surface area contributed by atoms with E-state index in [9.17, 15) is 9.59 Å². The number of H-pyrrole nitrogens is 1. The fourth-order valence-corrected chi connectivity index (χ4v) is 4.03. The van der Waals surface area contributed by atoms with Crippen molar-refractivity contribution in [1.82, 2.24) is 19.9 Å². The SMILES string of the molecule is CC(C)COC(=O)c1c[nH]c2ncnc(N[C@@H]3CC[C@H](C)N(C(=O)OCc4ccccc4)C3)c12. The summed E-state index contributed by atoms with van der Waals surface area (Å²) < 4.78 is 11.0. The molecule has 1 aliphatic rings. The van der Waals surface area contributed by atoms with Gasteiger partial charge in [-0.3, -0.25) is 0 Å². The largest absolute Gasteiger partial charge is 0.462 e. The quantitative estimate of drug-likeness (QED) is 0.499. The lowest BCUT2D eigenvalue weighted by atomic mass is 9.99. The number of ether oxygens (including phenoxy) is 2. The number of likely N-dealkylation sites (tertiary alicyclic amines) is 1. The Kier molecular flexibility index (Phi) is 7.30. The lowest BCUT2D eigenvalue weighted by molar-refractivity contribution is 0.0461. The van der Waals surface area contributed by atoms with Crippen LogP contribution in [0, 0.1) is 5.92 Å². The van der Waals surface area contributed by atoms with Crippen molar-refractivity contribution in [3.63, 3.8) is 0 Å². The number of esters is 1. The van der Waals surface area contributed by atoms with Gasteiger partial charge in [0.05, 0.1) is 17.6 Å². The molecule has 3 aromatic rings. The number of anilines is 1. The molecule has 9 nitrogen and oxygen atoms in total. The van der Waals surface area contributed by atoms with Gasteiger partial charge < -0.3 is 24.7 Å². The summed E-state index contributed by atoms with van der Waals surface area (Å²) in [6.07, 6.45) is 4.39. The minimum Gasteiger partial charge on any atom is -0.462 e. The van der Waals surface area contributed by atoms with Crippen molar-refractivity contribution >= 4 is 28.9 Å². The van der Waals surface area contributed by atoms with Crippen molar-refractivity contribution in [1.29, 1.82) is 0 Å². The van der Waals surface area contributed by atoms with E-state index >= 15 is 0 Å². The molecule has 180 valence electrons. The van der Waals surface area contributed by atoms with Gasteiger partial charge >= 0.3 is 12.1 Å². The third-order valence-electron chi connectivity index (χ3n) is 5.90. The summed E-state index contributed by atoms with van der Waals surface area (Å²) in [7, 11) is 0. The lowest BCUT2D eigenvalue weighted by Crippen LogP contribution is -2.49. The normalized spacial score (nSPS) is 18.2. The van der Waals surface area contributed by atoms with E-state index in [1.54, 1.807) is 11.1 Å². The van der Waals surface area contributed by atoms with Crippen molar-refractivity contribution in [3.05, 3.63) is 54.0 Å². The summed E-state index contributed by atoms with van der Waals surface area (Å²) in [5.74, 6) is 0.362. The van der Waals surface area contributed by atoms with E-state index in [4.69, 9.17) is 9.47 Å². The molecule has 0 bridgehead atoms. The average molecular weight is 466 g/mol. The number of rotatable bonds is 7. The van der Waals surface area contributed by atoms with Crippen LogP contribution in [0.2, 0.25) is 0 Å². The van der Waals surface area contributed by atoms with Crippen molar-refractivity contribution in [2.24, 2.45) is 5.92 Å². The van der Waals surface area contributed by atoms with Crippen LogP contribution in [0.5, 0.6) is 0 Å². The number of aromatic nitrogens is 3. The molecular weight excluding hydrogens is 434 g/mol. The molecule has 3 heterocycles. The highest BCUT2D eigenvalue weighted by atomic mass is 16.6. The second kappa shape index (κ2) is 10.5. The number of benzene rings is 1. The van der Waals surface area contributed by atoms with Gasteiger partial charge in [-0.1, -0.05) is 44.2 Å². The average Bonchev–Trinajstić information content (AvgIpc) is 3.28. The minimum absolute atomic E-state index is 0.0481. The number of hydrogen-bond donors (Lipinski definition) is 2. The summed E-state index contributed by atoms with van der Waals surface area (Å²) in [5.41, 5.74) is 1.89.